The van der Waals surface area contributed by atoms with E-state index in [2.05, 4.69) is 15.4 Å². The van der Waals surface area contributed by atoms with Crippen LogP contribution >= 0.6 is 0 Å². The number of nitrogens with zero attached hydrogens (tertiary/aromatic N) is 3. The molecule has 0 spiro atoms. The molecule has 0 saturated heterocycles. The number of aromatic nitrogens is 3. The summed E-state index contributed by atoms with van der Waals surface area (Å²) in [4.78, 5) is 16.9. The van der Waals surface area contributed by atoms with E-state index < -0.39 is 0 Å². The van der Waals surface area contributed by atoms with E-state index >= 15 is 0 Å². The van der Waals surface area contributed by atoms with Gasteiger partial charge in [0.2, 0.25) is 0 Å². The van der Waals surface area contributed by atoms with E-state index in [1.54, 1.807) is 30.1 Å². The maximum absolute atomic E-state index is 12.7. The van der Waals surface area contributed by atoms with Crippen LogP contribution in [0.15, 0.2) is 36.8 Å². The smallest absolute Gasteiger partial charge is 0.261 e. The Morgan fingerprint density at radius 2 is 2.24 bits per heavy atom. The maximum Gasteiger partial charge on any atom is 0.261 e. The molecule has 0 unspecified atom stereocenters. The van der Waals surface area contributed by atoms with Crippen LogP contribution in [0.1, 0.15) is 29.8 Å². The largest absolute Gasteiger partial charge is 0.494 e. The molecule has 2 aromatic heterocycles. The molecule has 0 atom stereocenters. The number of rotatable bonds is 3. The van der Waals surface area contributed by atoms with E-state index in [1.807, 2.05) is 26.0 Å². The number of benzene rings is 1. The van der Waals surface area contributed by atoms with Crippen LogP contribution in [0, 0.1) is 0 Å². The van der Waals surface area contributed by atoms with Crippen LogP contribution in [-0.4, -0.2) is 33.2 Å². The molecule has 0 saturated carbocycles. The van der Waals surface area contributed by atoms with Crippen molar-refractivity contribution in [2.24, 2.45) is 0 Å². The van der Waals surface area contributed by atoms with Gasteiger partial charge in [-0.2, -0.15) is 5.10 Å². The molecule has 1 aromatic carbocycles. The van der Waals surface area contributed by atoms with Crippen LogP contribution < -0.4 is 14.8 Å². The van der Waals surface area contributed by atoms with Crippen molar-refractivity contribution in [3.8, 4) is 11.5 Å². The predicted octanol–water partition coefficient (Wildman–Crippen LogP) is 2.70. The Hall–Kier alpha value is -3.09. The van der Waals surface area contributed by atoms with Gasteiger partial charge in [0.15, 0.2) is 5.65 Å². The van der Waals surface area contributed by atoms with Crippen molar-refractivity contribution in [2.75, 3.05) is 12.4 Å². The summed E-state index contributed by atoms with van der Waals surface area (Å²) < 4.78 is 12.9. The number of amides is 1. The number of carbonyl (C=O) groups is 1. The average molecular weight is 338 g/mol. The molecule has 25 heavy (non-hydrogen) atoms. The Balaban J connectivity index is 1.68. The molecule has 0 radical (unpaired) electrons. The quantitative estimate of drug-likeness (QED) is 0.794. The Labute approximate surface area is 144 Å². The van der Waals surface area contributed by atoms with Crippen molar-refractivity contribution in [3.63, 3.8) is 0 Å². The molecule has 0 aliphatic carbocycles. The van der Waals surface area contributed by atoms with Crippen LogP contribution in [0.5, 0.6) is 11.5 Å². The van der Waals surface area contributed by atoms with Gasteiger partial charge in [0.25, 0.3) is 5.91 Å². The first-order chi connectivity index (χ1) is 12.0. The zero-order chi connectivity index (χ0) is 17.6. The zero-order valence-corrected chi connectivity index (χ0v) is 14.2. The van der Waals surface area contributed by atoms with Crippen LogP contribution in [0.3, 0.4) is 0 Å². The van der Waals surface area contributed by atoms with Gasteiger partial charge in [-0.15, -0.1) is 0 Å². The van der Waals surface area contributed by atoms with Crippen LogP contribution in [0.2, 0.25) is 0 Å². The number of anilines is 1. The number of fused-ring (bicyclic) bond motifs is 2. The summed E-state index contributed by atoms with van der Waals surface area (Å²) in [6, 6.07) is 5.47. The van der Waals surface area contributed by atoms with Crippen LogP contribution in [0.25, 0.3) is 5.65 Å². The molecule has 7 heteroatoms. The first-order valence-electron chi connectivity index (χ1n) is 7.96. The summed E-state index contributed by atoms with van der Waals surface area (Å²) in [7, 11) is 1.56. The topological polar surface area (TPSA) is 77.8 Å². The molecule has 1 N–H and O–H groups in total. The van der Waals surface area contributed by atoms with Gasteiger partial charge in [0, 0.05) is 30.4 Å². The second-order valence-electron chi connectivity index (χ2n) is 6.60. The highest BCUT2D eigenvalue weighted by molar-refractivity contribution is 6.08. The molecule has 4 rings (SSSR count). The first-order valence-corrected chi connectivity index (χ1v) is 7.96. The number of carbonyl (C=O) groups excluding carboxylic acids is 1. The van der Waals surface area contributed by atoms with E-state index in [1.165, 1.54) is 6.20 Å². The monoisotopic (exact) mass is 338 g/mol. The fourth-order valence-corrected chi connectivity index (χ4v) is 3.08. The lowest BCUT2D eigenvalue weighted by molar-refractivity contribution is 0.102. The Morgan fingerprint density at radius 1 is 1.40 bits per heavy atom. The van der Waals surface area contributed by atoms with Crippen molar-refractivity contribution in [2.45, 2.75) is 25.9 Å². The van der Waals surface area contributed by atoms with Gasteiger partial charge in [-0.25, -0.2) is 9.50 Å². The molecule has 7 nitrogen and oxygen atoms in total. The zero-order valence-electron chi connectivity index (χ0n) is 14.2. The minimum atomic E-state index is -0.287. The van der Waals surface area contributed by atoms with Gasteiger partial charge in [0.1, 0.15) is 22.7 Å². The highest BCUT2D eigenvalue weighted by Crippen LogP contribution is 2.41. The Morgan fingerprint density at radius 3 is 3.04 bits per heavy atom. The fraction of sp³-hybridized carbons (Fsp3) is 0.278. The molecule has 1 aliphatic rings. The summed E-state index contributed by atoms with van der Waals surface area (Å²) in [5.41, 5.74) is 2.29. The highest BCUT2D eigenvalue weighted by Gasteiger charge is 2.31. The van der Waals surface area contributed by atoms with Crippen molar-refractivity contribution in [3.05, 3.63) is 47.9 Å². The van der Waals surface area contributed by atoms with Crippen molar-refractivity contribution < 1.29 is 14.3 Å². The summed E-state index contributed by atoms with van der Waals surface area (Å²) in [6.45, 7) is 4.06. The molecule has 0 fully saturated rings. The molecular weight excluding hydrogens is 320 g/mol. The van der Waals surface area contributed by atoms with Crippen molar-refractivity contribution >= 4 is 17.2 Å². The minimum Gasteiger partial charge on any atom is -0.494 e. The van der Waals surface area contributed by atoms with Gasteiger partial charge in [-0.1, -0.05) is 0 Å². The molecule has 1 aliphatic heterocycles. The molecule has 3 aromatic rings. The normalized spacial score (nSPS) is 14.8. The molecular formula is C18H18N4O3. The Bertz CT molecular complexity index is 978. The summed E-state index contributed by atoms with van der Waals surface area (Å²) in [6.07, 6.45) is 5.65. The van der Waals surface area contributed by atoms with E-state index in [0.717, 1.165) is 17.7 Å². The lowest BCUT2D eigenvalue weighted by atomic mass is 10.0. The second kappa shape index (κ2) is 5.47. The lowest BCUT2D eigenvalue weighted by Crippen LogP contribution is -2.24. The average Bonchev–Trinajstić information content (AvgIpc) is 3.12. The molecule has 0 bridgehead atoms. The van der Waals surface area contributed by atoms with E-state index in [0.29, 0.717) is 22.6 Å². The third-order valence-electron chi connectivity index (χ3n) is 4.16. The van der Waals surface area contributed by atoms with Crippen molar-refractivity contribution in [1.82, 2.24) is 14.6 Å². The standard InChI is InChI=1S/C18H18N4O3/c1-18(2)9-11-7-13(15(24-3)8-14(11)25-18)21-17(23)12-10-20-22-6-4-5-19-16(12)22/h4-8,10H,9H2,1-3H3,(H,21,23). The van der Waals surface area contributed by atoms with E-state index in [4.69, 9.17) is 9.47 Å². The lowest BCUT2D eigenvalue weighted by Gasteiger charge is -2.17. The summed E-state index contributed by atoms with van der Waals surface area (Å²) in [5.74, 6) is 1.05. The van der Waals surface area contributed by atoms with Crippen molar-refractivity contribution in [1.29, 1.82) is 0 Å². The van der Waals surface area contributed by atoms with Gasteiger partial charge in [-0.3, -0.25) is 4.79 Å². The number of ether oxygens (including phenoxy) is 2. The van der Waals surface area contributed by atoms with E-state index in [-0.39, 0.29) is 11.5 Å². The first kappa shape index (κ1) is 15.4. The number of methoxy groups -OCH3 is 1. The van der Waals surface area contributed by atoms with Gasteiger partial charge in [-0.05, 0) is 26.0 Å². The highest BCUT2D eigenvalue weighted by atomic mass is 16.5. The molecule has 1 amide bonds. The van der Waals surface area contributed by atoms with Gasteiger partial charge < -0.3 is 14.8 Å². The van der Waals surface area contributed by atoms with Gasteiger partial charge in [0.05, 0.1) is 19.0 Å². The predicted molar refractivity (Wildman–Crippen MR) is 92.3 cm³/mol. The summed E-state index contributed by atoms with van der Waals surface area (Å²) >= 11 is 0. The maximum atomic E-state index is 12.7. The third-order valence-corrected chi connectivity index (χ3v) is 4.16. The number of nitrogens with one attached hydrogen (secondary N) is 1. The van der Waals surface area contributed by atoms with E-state index in [9.17, 15) is 4.79 Å². The number of hydrogen-bond acceptors (Lipinski definition) is 5. The summed E-state index contributed by atoms with van der Waals surface area (Å²) in [5, 5.41) is 7.04. The fourth-order valence-electron chi connectivity index (χ4n) is 3.08. The molecule has 3 heterocycles. The Kier molecular flexibility index (Phi) is 3.38. The third kappa shape index (κ3) is 2.67. The van der Waals surface area contributed by atoms with Gasteiger partial charge >= 0.3 is 0 Å². The van der Waals surface area contributed by atoms with Crippen LogP contribution in [-0.2, 0) is 6.42 Å². The molecule has 128 valence electrons. The van der Waals surface area contributed by atoms with Crippen LogP contribution in [0.4, 0.5) is 5.69 Å². The minimum absolute atomic E-state index is 0.262. The number of hydrogen-bond donors (Lipinski definition) is 1. The SMILES string of the molecule is COc1cc2c(cc1NC(=O)c1cnn3cccnc13)CC(C)(C)O2. The second-order valence-corrected chi connectivity index (χ2v) is 6.60.